The van der Waals surface area contributed by atoms with Gasteiger partial charge in [-0.25, -0.2) is 0 Å². The van der Waals surface area contributed by atoms with E-state index in [0.29, 0.717) is 12.2 Å². The smallest absolute Gasteiger partial charge is 0.268 e. The molecule has 1 saturated heterocycles. The van der Waals surface area contributed by atoms with E-state index in [4.69, 9.17) is 10.8 Å². The highest BCUT2D eigenvalue weighted by atomic mass is 32.2. The Hall–Kier alpha value is 0.580. The standard InChI is InChI=1S/C4H9NO2S2/c5-3(1-2-8)4(6)7-9-4/h3,6,8H,1-2,5H2/t3-,4?/m1/s1. The average molecular weight is 167 g/mol. The summed E-state index contributed by atoms with van der Waals surface area (Å²) in [4.78, 5) is 0. The summed E-state index contributed by atoms with van der Waals surface area (Å²) in [5.74, 6) is 0.674. The molecule has 54 valence electrons. The zero-order valence-electron chi connectivity index (χ0n) is 4.78. The van der Waals surface area contributed by atoms with E-state index in [2.05, 4.69) is 16.8 Å². The summed E-state index contributed by atoms with van der Waals surface area (Å²) in [7, 11) is 0. The van der Waals surface area contributed by atoms with Crippen LogP contribution in [0, 0.1) is 0 Å². The molecule has 2 atom stereocenters. The Balaban J connectivity index is 2.24. The molecule has 0 aromatic rings. The highest BCUT2D eigenvalue weighted by Gasteiger charge is 2.51. The van der Waals surface area contributed by atoms with Gasteiger partial charge in [-0.3, -0.25) is 4.18 Å². The lowest BCUT2D eigenvalue weighted by atomic mass is 10.2. The van der Waals surface area contributed by atoms with Gasteiger partial charge in [-0.1, -0.05) is 0 Å². The molecule has 0 bridgehead atoms. The molecule has 1 unspecified atom stereocenters. The van der Waals surface area contributed by atoms with Crippen molar-refractivity contribution in [2.75, 3.05) is 5.75 Å². The second kappa shape index (κ2) is 2.67. The highest BCUT2D eigenvalue weighted by molar-refractivity contribution is 8.01. The van der Waals surface area contributed by atoms with Gasteiger partial charge in [-0.15, -0.1) is 0 Å². The Morgan fingerprint density at radius 1 is 1.89 bits per heavy atom. The van der Waals surface area contributed by atoms with Crippen molar-refractivity contribution in [3.63, 3.8) is 0 Å². The van der Waals surface area contributed by atoms with Crippen molar-refractivity contribution in [3.05, 3.63) is 0 Å². The molecular formula is C4H9NO2S2. The molecule has 1 fully saturated rings. The Bertz CT molecular complexity index is 107. The summed E-state index contributed by atoms with van der Waals surface area (Å²) in [6.07, 6.45) is 0.673. The monoisotopic (exact) mass is 167 g/mol. The Kier molecular flexibility index (Phi) is 2.28. The number of hydrogen-bond acceptors (Lipinski definition) is 5. The molecule has 1 aliphatic heterocycles. The van der Waals surface area contributed by atoms with Gasteiger partial charge in [0, 0.05) is 0 Å². The average Bonchev–Trinajstić information content (AvgIpc) is 2.50. The quantitative estimate of drug-likeness (QED) is 0.313. The Morgan fingerprint density at radius 3 is 2.78 bits per heavy atom. The van der Waals surface area contributed by atoms with Gasteiger partial charge in [0.05, 0.1) is 18.1 Å². The summed E-state index contributed by atoms with van der Waals surface area (Å²) in [6, 6.07) is -0.306. The van der Waals surface area contributed by atoms with Crippen molar-refractivity contribution in [2.24, 2.45) is 5.73 Å². The predicted octanol–water partition coefficient (Wildman–Crippen LogP) is -0.0419. The van der Waals surface area contributed by atoms with Crippen LogP contribution in [0.5, 0.6) is 0 Å². The Labute approximate surface area is 63.6 Å². The van der Waals surface area contributed by atoms with Crippen LogP contribution in [-0.4, -0.2) is 22.0 Å². The van der Waals surface area contributed by atoms with E-state index in [0.717, 1.165) is 12.0 Å². The minimum absolute atomic E-state index is 0.306. The van der Waals surface area contributed by atoms with Crippen LogP contribution in [0.15, 0.2) is 0 Å². The van der Waals surface area contributed by atoms with Gasteiger partial charge in [0.15, 0.2) is 0 Å². The first-order chi connectivity index (χ1) is 4.19. The van der Waals surface area contributed by atoms with E-state index in [9.17, 15) is 0 Å². The molecule has 0 saturated carbocycles. The van der Waals surface area contributed by atoms with Crippen molar-refractivity contribution in [2.45, 2.75) is 17.6 Å². The maximum absolute atomic E-state index is 9.11. The second-order valence-electron chi connectivity index (χ2n) is 1.92. The molecule has 1 heterocycles. The van der Waals surface area contributed by atoms with Crippen LogP contribution in [0.25, 0.3) is 0 Å². The summed E-state index contributed by atoms with van der Waals surface area (Å²) >= 11 is 4.98. The maximum Gasteiger partial charge on any atom is 0.268 e. The number of nitrogens with two attached hydrogens (primary N) is 1. The Morgan fingerprint density at radius 2 is 2.44 bits per heavy atom. The van der Waals surface area contributed by atoms with Gasteiger partial charge in [0.1, 0.15) is 0 Å². The zero-order chi connectivity index (χ0) is 6.91. The topological polar surface area (TPSA) is 58.8 Å². The second-order valence-corrected chi connectivity index (χ2v) is 3.28. The SMILES string of the molecule is N[C@H](CCS)C1(O)OS1. The molecule has 3 nitrogen and oxygen atoms in total. The van der Waals surface area contributed by atoms with E-state index in [1.54, 1.807) is 0 Å². The first-order valence-electron chi connectivity index (χ1n) is 2.65. The van der Waals surface area contributed by atoms with E-state index in [1.807, 2.05) is 0 Å². The van der Waals surface area contributed by atoms with E-state index >= 15 is 0 Å². The zero-order valence-corrected chi connectivity index (χ0v) is 6.49. The van der Waals surface area contributed by atoms with Gasteiger partial charge in [-0.2, -0.15) is 12.6 Å². The molecule has 9 heavy (non-hydrogen) atoms. The summed E-state index contributed by atoms with van der Waals surface area (Å²) in [5.41, 5.74) is 5.48. The fraction of sp³-hybridized carbons (Fsp3) is 1.00. The maximum atomic E-state index is 9.11. The van der Waals surface area contributed by atoms with Crippen molar-refractivity contribution in [3.8, 4) is 0 Å². The lowest BCUT2D eigenvalue weighted by Gasteiger charge is -2.09. The third kappa shape index (κ3) is 1.75. The molecule has 3 N–H and O–H groups in total. The number of hydrogen-bond donors (Lipinski definition) is 3. The first kappa shape index (κ1) is 7.68. The fourth-order valence-corrected chi connectivity index (χ4v) is 1.22. The van der Waals surface area contributed by atoms with Crippen LogP contribution < -0.4 is 5.73 Å². The number of aliphatic hydroxyl groups is 1. The summed E-state index contributed by atoms with van der Waals surface area (Å²) in [6.45, 7) is 0. The van der Waals surface area contributed by atoms with Crippen molar-refractivity contribution < 1.29 is 9.29 Å². The molecule has 0 radical (unpaired) electrons. The molecule has 5 heteroatoms. The third-order valence-corrected chi connectivity index (χ3v) is 2.23. The van der Waals surface area contributed by atoms with Gasteiger partial charge in [0.2, 0.25) is 0 Å². The fourth-order valence-electron chi connectivity index (χ4n) is 0.488. The normalized spacial score (nSPS) is 36.3. The van der Waals surface area contributed by atoms with Crippen LogP contribution >= 0.6 is 24.7 Å². The molecule has 0 aliphatic carbocycles. The van der Waals surface area contributed by atoms with Crippen LogP contribution in [-0.2, 0) is 4.18 Å². The molecule has 0 aromatic heterocycles. The van der Waals surface area contributed by atoms with Gasteiger partial charge in [0.25, 0.3) is 5.12 Å². The van der Waals surface area contributed by atoms with Gasteiger partial charge < -0.3 is 10.8 Å². The minimum Gasteiger partial charge on any atom is -0.354 e. The van der Waals surface area contributed by atoms with Gasteiger partial charge >= 0.3 is 0 Å². The molecule has 0 amide bonds. The van der Waals surface area contributed by atoms with Crippen LogP contribution in [0.3, 0.4) is 0 Å². The highest BCUT2D eigenvalue weighted by Crippen LogP contribution is 2.47. The molecule has 1 rings (SSSR count). The van der Waals surface area contributed by atoms with Crippen LogP contribution in [0.1, 0.15) is 6.42 Å². The lowest BCUT2D eigenvalue weighted by Crippen LogP contribution is -2.36. The van der Waals surface area contributed by atoms with E-state index < -0.39 is 5.12 Å². The first-order valence-corrected chi connectivity index (χ1v) is 4.02. The van der Waals surface area contributed by atoms with Gasteiger partial charge in [-0.05, 0) is 12.2 Å². The number of rotatable bonds is 3. The summed E-state index contributed by atoms with van der Waals surface area (Å²) < 4.78 is 4.62. The summed E-state index contributed by atoms with van der Waals surface area (Å²) in [5, 5.41) is 8.02. The lowest BCUT2D eigenvalue weighted by molar-refractivity contribution is 0.0128. The van der Waals surface area contributed by atoms with Crippen molar-refractivity contribution in [1.29, 1.82) is 0 Å². The third-order valence-electron chi connectivity index (χ3n) is 1.16. The molecular weight excluding hydrogens is 158 g/mol. The largest absolute Gasteiger partial charge is 0.354 e. The minimum atomic E-state index is -1.09. The molecule has 0 spiro atoms. The molecule has 1 aliphatic rings. The predicted molar refractivity (Wildman–Crippen MR) is 40.1 cm³/mol. The van der Waals surface area contributed by atoms with E-state index in [-0.39, 0.29) is 6.04 Å². The van der Waals surface area contributed by atoms with Crippen molar-refractivity contribution >= 4 is 24.7 Å². The van der Waals surface area contributed by atoms with Crippen molar-refractivity contribution in [1.82, 2.24) is 0 Å². The molecule has 0 aromatic carbocycles. The van der Waals surface area contributed by atoms with Crippen LogP contribution in [0.4, 0.5) is 0 Å². The van der Waals surface area contributed by atoms with E-state index in [1.165, 1.54) is 0 Å². The van der Waals surface area contributed by atoms with Crippen LogP contribution in [0.2, 0.25) is 0 Å². The number of thiol groups is 1.